The molecule has 0 amide bonds. The summed E-state index contributed by atoms with van der Waals surface area (Å²) in [6.07, 6.45) is 1.93. The van der Waals surface area contributed by atoms with Crippen LogP contribution < -0.4 is 5.32 Å². The van der Waals surface area contributed by atoms with Crippen LogP contribution in [0.4, 0.5) is 0 Å². The van der Waals surface area contributed by atoms with Gasteiger partial charge in [0.1, 0.15) is 0 Å². The van der Waals surface area contributed by atoms with Gasteiger partial charge in [-0.05, 0) is 31.5 Å². The first-order valence-corrected chi connectivity index (χ1v) is 7.67. The smallest absolute Gasteiger partial charge is 0.0695 e. The summed E-state index contributed by atoms with van der Waals surface area (Å²) in [5.74, 6) is 0. The molecule has 0 atom stereocenters. The Bertz CT molecular complexity index is 603. The third kappa shape index (κ3) is 3.46. The molecule has 0 unspecified atom stereocenters. The van der Waals surface area contributed by atoms with Crippen LogP contribution in [0.15, 0.2) is 30.5 Å². The van der Waals surface area contributed by atoms with Gasteiger partial charge in [0.2, 0.25) is 0 Å². The van der Waals surface area contributed by atoms with Crippen LogP contribution in [0.5, 0.6) is 0 Å². The number of nitrogens with one attached hydrogen (secondary N) is 2. The van der Waals surface area contributed by atoms with E-state index in [1.807, 2.05) is 30.5 Å². The Kier molecular flexibility index (Phi) is 4.02. The highest BCUT2D eigenvalue weighted by atomic mass is 35.5. The van der Waals surface area contributed by atoms with Crippen molar-refractivity contribution >= 4 is 11.6 Å². The SMILES string of the molecule is CC1(C)CN(Cc2cn[nH]c2-c2ccc(Cl)cc2)CCN1. The average Bonchev–Trinajstić information content (AvgIpc) is 2.86. The molecule has 0 bridgehead atoms. The molecule has 21 heavy (non-hydrogen) atoms. The molecule has 1 aliphatic rings. The maximum Gasteiger partial charge on any atom is 0.0695 e. The molecule has 1 fully saturated rings. The quantitative estimate of drug-likeness (QED) is 0.916. The largest absolute Gasteiger partial charge is 0.309 e. The number of rotatable bonds is 3. The third-order valence-electron chi connectivity index (χ3n) is 3.90. The molecule has 4 nitrogen and oxygen atoms in total. The van der Waals surface area contributed by atoms with Crippen molar-refractivity contribution in [3.05, 3.63) is 41.0 Å². The molecule has 3 rings (SSSR count). The molecule has 0 aliphatic carbocycles. The number of benzene rings is 1. The van der Waals surface area contributed by atoms with Crippen molar-refractivity contribution < 1.29 is 0 Å². The molecule has 2 N–H and O–H groups in total. The number of halogens is 1. The summed E-state index contributed by atoms with van der Waals surface area (Å²) in [5, 5.41) is 11.6. The van der Waals surface area contributed by atoms with E-state index in [1.165, 1.54) is 5.56 Å². The lowest BCUT2D eigenvalue weighted by atomic mass is 10.0. The van der Waals surface area contributed by atoms with Crippen molar-refractivity contribution in [1.82, 2.24) is 20.4 Å². The van der Waals surface area contributed by atoms with Crippen LogP contribution in [-0.4, -0.2) is 40.3 Å². The predicted molar refractivity (Wildman–Crippen MR) is 86.4 cm³/mol. The fourth-order valence-corrected chi connectivity index (χ4v) is 3.05. The lowest BCUT2D eigenvalue weighted by molar-refractivity contribution is 0.148. The normalized spacial score (nSPS) is 18.8. The van der Waals surface area contributed by atoms with Gasteiger partial charge in [-0.3, -0.25) is 10.00 Å². The van der Waals surface area contributed by atoms with Gasteiger partial charge in [0, 0.05) is 42.3 Å². The van der Waals surface area contributed by atoms with Crippen molar-refractivity contribution in [2.45, 2.75) is 25.9 Å². The first kappa shape index (κ1) is 14.6. The second-order valence-corrected chi connectivity index (χ2v) is 6.73. The standard InChI is InChI=1S/C16H21ClN4/c1-16(2)11-21(8-7-18-16)10-13-9-19-20-15(13)12-3-5-14(17)6-4-12/h3-6,9,18H,7-8,10-11H2,1-2H3,(H,19,20). The summed E-state index contributed by atoms with van der Waals surface area (Å²) in [5.41, 5.74) is 3.61. The molecule has 2 heterocycles. The van der Waals surface area contributed by atoms with Gasteiger partial charge in [0.15, 0.2) is 0 Å². The number of hydrogen-bond acceptors (Lipinski definition) is 3. The molecular formula is C16H21ClN4. The Morgan fingerprint density at radius 1 is 1.29 bits per heavy atom. The second kappa shape index (κ2) is 5.79. The van der Waals surface area contributed by atoms with Crippen LogP contribution >= 0.6 is 11.6 Å². The van der Waals surface area contributed by atoms with Crippen molar-refractivity contribution in [3.63, 3.8) is 0 Å². The van der Waals surface area contributed by atoms with Gasteiger partial charge >= 0.3 is 0 Å². The topological polar surface area (TPSA) is 44.0 Å². The molecule has 0 radical (unpaired) electrons. The van der Waals surface area contributed by atoms with Crippen LogP contribution in [-0.2, 0) is 6.54 Å². The van der Waals surface area contributed by atoms with E-state index in [1.54, 1.807) is 0 Å². The fraction of sp³-hybridized carbons (Fsp3) is 0.438. The van der Waals surface area contributed by atoms with E-state index in [4.69, 9.17) is 11.6 Å². The minimum atomic E-state index is 0.169. The number of piperazine rings is 1. The predicted octanol–water partition coefficient (Wildman–Crippen LogP) is 2.91. The maximum atomic E-state index is 5.96. The molecule has 1 saturated heterocycles. The van der Waals surface area contributed by atoms with E-state index >= 15 is 0 Å². The summed E-state index contributed by atoms with van der Waals surface area (Å²) >= 11 is 5.96. The zero-order chi connectivity index (χ0) is 14.9. The summed E-state index contributed by atoms with van der Waals surface area (Å²) in [4.78, 5) is 2.47. The van der Waals surface area contributed by atoms with E-state index in [2.05, 4.69) is 34.3 Å². The lowest BCUT2D eigenvalue weighted by Crippen LogP contribution is -2.56. The lowest BCUT2D eigenvalue weighted by Gasteiger charge is -2.39. The summed E-state index contributed by atoms with van der Waals surface area (Å²) in [7, 11) is 0. The van der Waals surface area contributed by atoms with Crippen LogP contribution in [0.2, 0.25) is 5.02 Å². The van der Waals surface area contributed by atoms with Gasteiger partial charge in [-0.15, -0.1) is 0 Å². The maximum absolute atomic E-state index is 5.96. The molecule has 1 aliphatic heterocycles. The monoisotopic (exact) mass is 304 g/mol. The van der Waals surface area contributed by atoms with Crippen molar-refractivity contribution in [2.24, 2.45) is 0 Å². The van der Waals surface area contributed by atoms with Gasteiger partial charge in [-0.2, -0.15) is 5.10 Å². The number of nitrogens with zero attached hydrogens (tertiary/aromatic N) is 2. The molecule has 2 aromatic rings. The molecule has 0 saturated carbocycles. The van der Waals surface area contributed by atoms with Crippen LogP contribution in [0.25, 0.3) is 11.3 Å². The average molecular weight is 305 g/mol. The van der Waals surface area contributed by atoms with E-state index in [-0.39, 0.29) is 5.54 Å². The first-order valence-electron chi connectivity index (χ1n) is 7.29. The Hall–Kier alpha value is -1.36. The molecule has 1 aromatic heterocycles. The first-order chi connectivity index (χ1) is 10.0. The van der Waals surface area contributed by atoms with Gasteiger partial charge in [-0.1, -0.05) is 23.7 Å². The highest BCUT2D eigenvalue weighted by molar-refractivity contribution is 6.30. The second-order valence-electron chi connectivity index (χ2n) is 6.30. The zero-order valence-electron chi connectivity index (χ0n) is 12.5. The minimum Gasteiger partial charge on any atom is -0.309 e. The van der Waals surface area contributed by atoms with Crippen molar-refractivity contribution in [3.8, 4) is 11.3 Å². The molecule has 1 aromatic carbocycles. The molecule has 5 heteroatoms. The number of hydrogen-bond donors (Lipinski definition) is 2. The van der Waals surface area contributed by atoms with Gasteiger partial charge < -0.3 is 5.32 Å². The van der Waals surface area contributed by atoms with Gasteiger partial charge in [-0.25, -0.2) is 0 Å². The van der Waals surface area contributed by atoms with E-state index in [9.17, 15) is 0 Å². The van der Waals surface area contributed by atoms with E-state index in [0.29, 0.717) is 0 Å². The fourth-order valence-electron chi connectivity index (χ4n) is 2.92. The van der Waals surface area contributed by atoms with Gasteiger partial charge in [0.25, 0.3) is 0 Å². The van der Waals surface area contributed by atoms with E-state index < -0.39 is 0 Å². The highest BCUT2D eigenvalue weighted by Crippen LogP contribution is 2.24. The zero-order valence-corrected chi connectivity index (χ0v) is 13.2. The Morgan fingerprint density at radius 2 is 2.05 bits per heavy atom. The molecule has 0 spiro atoms. The van der Waals surface area contributed by atoms with E-state index in [0.717, 1.165) is 42.5 Å². The number of H-pyrrole nitrogens is 1. The number of aromatic amines is 1. The highest BCUT2D eigenvalue weighted by Gasteiger charge is 2.26. The third-order valence-corrected chi connectivity index (χ3v) is 4.15. The van der Waals surface area contributed by atoms with Crippen LogP contribution in [0, 0.1) is 0 Å². The minimum absolute atomic E-state index is 0.169. The summed E-state index contributed by atoms with van der Waals surface area (Å²) in [6, 6.07) is 7.88. The summed E-state index contributed by atoms with van der Waals surface area (Å²) < 4.78 is 0. The molecule has 112 valence electrons. The van der Waals surface area contributed by atoms with Crippen LogP contribution in [0.1, 0.15) is 19.4 Å². The molecular weight excluding hydrogens is 284 g/mol. The number of aromatic nitrogens is 2. The summed E-state index contributed by atoms with van der Waals surface area (Å²) in [6.45, 7) is 8.54. The Morgan fingerprint density at radius 3 is 2.76 bits per heavy atom. The van der Waals surface area contributed by atoms with Gasteiger partial charge in [0.05, 0.1) is 11.9 Å². The Labute approximate surface area is 130 Å². The van der Waals surface area contributed by atoms with Crippen LogP contribution in [0.3, 0.4) is 0 Å². The van der Waals surface area contributed by atoms with Crippen molar-refractivity contribution in [2.75, 3.05) is 19.6 Å². The van der Waals surface area contributed by atoms with Crippen molar-refractivity contribution in [1.29, 1.82) is 0 Å². The Balaban J connectivity index is 1.78.